The average molecular weight is 331 g/mol. The van der Waals surface area contributed by atoms with E-state index in [4.69, 9.17) is 27.9 Å². The van der Waals surface area contributed by atoms with Crippen molar-refractivity contribution >= 4 is 29.2 Å². The first kappa shape index (κ1) is 15.7. The van der Waals surface area contributed by atoms with Crippen LogP contribution in [0.1, 0.15) is 13.8 Å². The zero-order valence-corrected chi connectivity index (χ0v) is 13.0. The lowest BCUT2D eigenvalue weighted by molar-refractivity contribution is 0.409. The zero-order chi connectivity index (χ0) is 15.4. The molecule has 5 nitrogen and oxygen atoms in total. The number of halogens is 3. The lowest BCUT2D eigenvalue weighted by Gasteiger charge is -2.18. The van der Waals surface area contributed by atoms with Gasteiger partial charge in [0.25, 0.3) is 0 Å². The van der Waals surface area contributed by atoms with Gasteiger partial charge < -0.3 is 9.64 Å². The number of benzene rings is 1. The van der Waals surface area contributed by atoms with Crippen molar-refractivity contribution in [2.45, 2.75) is 13.8 Å². The van der Waals surface area contributed by atoms with E-state index in [0.717, 1.165) is 0 Å². The van der Waals surface area contributed by atoms with Gasteiger partial charge >= 0.3 is 6.01 Å². The maximum absolute atomic E-state index is 13.8. The van der Waals surface area contributed by atoms with Crippen LogP contribution in [-0.4, -0.2) is 28.0 Å². The van der Waals surface area contributed by atoms with Crippen LogP contribution in [0.2, 0.25) is 10.3 Å². The van der Waals surface area contributed by atoms with Crippen LogP contribution in [0, 0.1) is 5.82 Å². The molecular formula is C13H13Cl2FN4O. The molecule has 0 aliphatic rings. The Kier molecular flexibility index (Phi) is 5.14. The van der Waals surface area contributed by atoms with E-state index >= 15 is 0 Å². The van der Waals surface area contributed by atoms with E-state index in [-0.39, 0.29) is 22.1 Å². The average Bonchev–Trinajstić information content (AvgIpc) is 2.45. The van der Waals surface area contributed by atoms with Gasteiger partial charge in [-0.25, -0.2) is 4.39 Å². The summed E-state index contributed by atoms with van der Waals surface area (Å²) in [5.41, 5.74) is 0. The molecule has 0 fully saturated rings. The minimum Gasteiger partial charge on any atom is -0.421 e. The summed E-state index contributed by atoms with van der Waals surface area (Å²) in [5, 5.41) is -0.0686. The van der Waals surface area contributed by atoms with Gasteiger partial charge in [0.2, 0.25) is 11.2 Å². The third-order valence-electron chi connectivity index (χ3n) is 2.74. The van der Waals surface area contributed by atoms with Crippen molar-refractivity contribution in [2.75, 3.05) is 18.0 Å². The van der Waals surface area contributed by atoms with Gasteiger partial charge in [0.15, 0.2) is 11.6 Å². The predicted molar refractivity (Wildman–Crippen MR) is 79.9 cm³/mol. The number of hydrogen-bond acceptors (Lipinski definition) is 5. The maximum atomic E-state index is 13.8. The highest BCUT2D eigenvalue weighted by atomic mass is 35.5. The van der Waals surface area contributed by atoms with Crippen molar-refractivity contribution in [3.8, 4) is 11.8 Å². The molecule has 0 spiro atoms. The van der Waals surface area contributed by atoms with Crippen molar-refractivity contribution in [2.24, 2.45) is 0 Å². The largest absolute Gasteiger partial charge is 0.421 e. The number of nitrogens with zero attached hydrogens (tertiary/aromatic N) is 4. The van der Waals surface area contributed by atoms with Gasteiger partial charge in [-0.2, -0.15) is 15.0 Å². The van der Waals surface area contributed by atoms with Gasteiger partial charge in [-0.15, -0.1) is 0 Å². The molecule has 0 atom stereocenters. The SMILES string of the molecule is CCN(CC)c1nc(Cl)nc(Oc2cccc(Cl)c2F)n1. The summed E-state index contributed by atoms with van der Waals surface area (Å²) >= 11 is 11.6. The Labute approximate surface area is 131 Å². The molecule has 0 aliphatic heterocycles. The number of aromatic nitrogens is 3. The highest BCUT2D eigenvalue weighted by molar-refractivity contribution is 6.30. The lowest BCUT2D eigenvalue weighted by Crippen LogP contribution is -2.24. The highest BCUT2D eigenvalue weighted by Crippen LogP contribution is 2.28. The summed E-state index contributed by atoms with van der Waals surface area (Å²) in [5.74, 6) is -0.382. The van der Waals surface area contributed by atoms with E-state index in [2.05, 4.69) is 15.0 Å². The molecule has 8 heteroatoms. The number of ether oxygens (including phenoxy) is 1. The Bertz CT molecular complexity index is 638. The van der Waals surface area contributed by atoms with E-state index in [1.807, 2.05) is 18.7 Å². The smallest absolute Gasteiger partial charge is 0.328 e. The standard InChI is InChI=1S/C13H13Cl2FN4O/c1-3-20(4-2)12-17-11(15)18-13(19-12)21-9-7-5-6-8(14)10(9)16/h5-7H,3-4H2,1-2H3. The van der Waals surface area contributed by atoms with Gasteiger partial charge in [-0.3, -0.25) is 0 Å². The quantitative estimate of drug-likeness (QED) is 0.830. The van der Waals surface area contributed by atoms with Crippen LogP contribution < -0.4 is 9.64 Å². The van der Waals surface area contributed by atoms with Gasteiger partial charge in [0.05, 0.1) is 5.02 Å². The third kappa shape index (κ3) is 3.71. The van der Waals surface area contributed by atoms with Crippen LogP contribution in [0.4, 0.5) is 10.3 Å². The molecule has 0 unspecified atom stereocenters. The Balaban J connectivity index is 2.34. The molecule has 1 aromatic carbocycles. The fourth-order valence-corrected chi connectivity index (χ4v) is 1.99. The first-order chi connectivity index (χ1) is 10.0. The molecule has 0 bridgehead atoms. The molecule has 0 saturated carbocycles. The summed E-state index contributed by atoms with van der Waals surface area (Å²) in [6.45, 7) is 5.31. The molecule has 0 radical (unpaired) electrons. The minimum absolute atomic E-state index is 0.0238. The Morgan fingerprint density at radius 3 is 2.52 bits per heavy atom. The lowest BCUT2D eigenvalue weighted by atomic mass is 10.3. The molecule has 21 heavy (non-hydrogen) atoms. The summed E-state index contributed by atoms with van der Waals surface area (Å²) in [7, 11) is 0. The molecule has 0 N–H and O–H groups in total. The van der Waals surface area contributed by atoms with Gasteiger partial charge in [-0.05, 0) is 37.6 Å². The first-order valence-corrected chi connectivity index (χ1v) is 7.09. The van der Waals surface area contributed by atoms with Crippen LogP contribution in [0.15, 0.2) is 18.2 Å². The third-order valence-corrected chi connectivity index (χ3v) is 3.20. The molecule has 0 saturated heterocycles. The molecule has 1 aromatic heterocycles. The van der Waals surface area contributed by atoms with Gasteiger partial charge in [0.1, 0.15) is 0 Å². The van der Waals surface area contributed by atoms with E-state index < -0.39 is 5.82 Å². The summed E-state index contributed by atoms with van der Waals surface area (Å²) in [4.78, 5) is 13.9. The van der Waals surface area contributed by atoms with Crippen molar-refractivity contribution in [1.29, 1.82) is 0 Å². The topological polar surface area (TPSA) is 51.1 Å². The molecule has 112 valence electrons. The molecular weight excluding hydrogens is 318 g/mol. The number of hydrogen-bond donors (Lipinski definition) is 0. The van der Waals surface area contributed by atoms with Crippen molar-refractivity contribution in [3.63, 3.8) is 0 Å². The second-order valence-corrected chi connectivity index (χ2v) is 4.76. The van der Waals surface area contributed by atoms with Gasteiger partial charge in [0, 0.05) is 13.1 Å². The summed E-state index contributed by atoms with van der Waals surface area (Å²) in [6.07, 6.45) is 0. The van der Waals surface area contributed by atoms with E-state index in [0.29, 0.717) is 19.0 Å². The Morgan fingerprint density at radius 2 is 1.86 bits per heavy atom. The van der Waals surface area contributed by atoms with Crippen LogP contribution in [-0.2, 0) is 0 Å². The van der Waals surface area contributed by atoms with Crippen LogP contribution in [0.25, 0.3) is 0 Å². The maximum Gasteiger partial charge on any atom is 0.328 e. The summed E-state index contributed by atoms with van der Waals surface area (Å²) < 4.78 is 19.1. The van der Waals surface area contributed by atoms with Crippen molar-refractivity contribution < 1.29 is 9.13 Å². The fourth-order valence-electron chi connectivity index (χ4n) is 1.68. The number of anilines is 1. The first-order valence-electron chi connectivity index (χ1n) is 6.33. The second kappa shape index (κ2) is 6.87. The van der Waals surface area contributed by atoms with E-state index in [1.54, 1.807) is 6.07 Å². The van der Waals surface area contributed by atoms with Crippen LogP contribution in [0.3, 0.4) is 0 Å². The molecule has 1 heterocycles. The zero-order valence-electron chi connectivity index (χ0n) is 11.5. The van der Waals surface area contributed by atoms with Crippen molar-refractivity contribution in [3.05, 3.63) is 34.3 Å². The molecule has 2 rings (SSSR count). The van der Waals surface area contributed by atoms with Gasteiger partial charge in [-0.1, -0.05) is 17.7 Å². The second-order valence-electron chi connectivity index (χ2n) is 4.01. The molecule has 0 amide bonds. The Morgan fingerprint density at radius 1 is 1.14 bits per heavy atom. The summed E-state index contributed by atoms with van der Waals surface area (Å²) in [6, 6.07) is 4.33. The highest BCUT2D eigenvalue weighted by Gasteiger charge is 2.14. The van der Waals surface area contributed by atoms with E-state index in [9.17, 15) is 4.39 Å². The van der Waals surface area contributed by atoms with E-state index in [1.165, 1.54) is 12.1 Å². The molecule has 2 aromatic rings. The van der Waals surface area contributed by atoms with Crippen molar-refractivity contribution in [1.82, 2.24) is 15.0 Å². The Hall–Kier alpha value is -1.66. The predicted octanol–water partition coefficient (Wildman–Crippen LogP) is 3.96. The minimum atomic E-state index is -0.680. The number of rotatable bonds is 5. The monoisotopic (exact) mass is 330 g/mol. The van der Waals surface area contributed by atoms with Crippen LogP contribution >= 0.6 is 23.2 Å². The fraction of sp³-hybridized carbons (Fsp3) is 0.308. The van der Waals surface area contributed by atoms with Crippen LogP contribution in [0.5, 0.6) is 11.8 Å². The normalized spacial score (nSPS) is 10.5. The molecule has 0 aliphatic carbocycles.